The molecule has 10 nitrogen and oxygen atoms in total. The van der Waals surface area contributed by atoms with Crippen LogP contribution in [-0.2, 0) is 24.0 Å². The summed E-state index contributed by atoms with van der Waals surface area (Å²) in [5.41, 5.74) is 5.23. The third-order valence-corrected chi connectivity index (χ3v) is 4.43. The maximum atomic E-state index is 12.7. The number of amides is 2. The largest absolute Gasteiger partial charge is 0.481 e. The number of carboxylic acids is 2. The van der Waals surface area contributed by atoms with Crippen LogP contribution in [0, 0.1) is 11.8 Å². The summed E-state index contributed by atoms with van der Waals surface area (Å²) in [6.07, 6.45) is -0.368. The van der Waals surface area contributed by atoms with Crippen LogP contribution in [0.25, 0.3) is 0 Å². The molecule has 27 heavy (non-hydrogen) atoms. The van der Waals surface area contributed by atoms with Crippen LogP contribution >= 0.6 is 0 Å². The van der Waals surface area contributed by atoms with Gasteiger partial charge in [-0.25, -0.2) is 4.79 Å². The van der Waals surface area contributed by atoms with E-state index in [9.17, 15) is 29.1 Å². The molecule has 0 aromatic carbocycles. The van der Waals surface area contributed by atoms with E-state index in [0.717, 1.165) is 0 Å². The highest BCUT2D eigenvalue weighted by Crippen LogP contribution is 2.25. The average molecular weight is 385 g/mol. The molecule has 1 aliphatic rings. The van der Waals surface area contributed by atoms with Gasteiger partial charge in [0.25, 0.3) is 0 Å². The summed E-state index contributed by atoms with van der Waals surface area (Å²) in [7, 11) is 0. The fraction of sp³-hybridized carbons (Fsp3) is 0.706. The van der Waals surface area contributed by atoms with Crippen molar-refractivity contribution < 1.29 is 34.2 Å². The summed E-state index contributed by atoms with van der Waals surface area (Å²) >= 11 is 0. The maximum Gasteiger partial charge on any atom is 0.326 e. The van der Waals surface area contributed by atoms with Crippen molar-refractivity contribution >= 4 is 29.5 Å². The highest BCUT2D eigenvalue weighted by molar-refractivity contribution is 5.96. The first-order valence-electron chi connectivity index (χ1n) is 8.84. The summed E-state index contributed by atoms with van der Waals surface area (Å²) in [4.78, 5) is 60.1. The molecular weight excluding hydrogens is 358 g/mol. The minimum Gasteiger partial charge on any atom is -0.481 e. The Bertz CT molecular complexity index is 605. The van der Waals surface area contributed by atoms with Gasteiger partial charge in [0, 0.05) is 25.3 Å². The number of nitrogens with one attached hydrogen (secondary N) is 1. The fourth-order valence-electron chi connectivity index (χ4n) is 3.12. The van der Waals surface area contributed by atoms with Crippen LogP contribution in [0.15, 0.2) is 0 Å². The van der Waals surface area contributed by atoms with Crippen LogP contribution < -0.4 is 11.1 Å². The van der Waals surface area contributed by atoms with Gasteiger partial charge in [0.2, 0.25) is 11.8 Å². The van der Waals surface area contributed by atoms with Crippen molar-refractivity contribution in [2.24, 2.45) is 17.6 Å². The minimum atomic E-state index is -1.14. The second kappa shape index (κ2) is 10.0. The van der Waals surface area contributed by atoms with Gasteiger partial charge in [-0.2, -0.15) is 0 Å². The van der Waals surface area contributed by atoms with E-state index in [1.807, 2.05) is 13.8 Å². The number of aliphatic carboxylic acids is 2. The molecule has 1 rings (SSSR count). The number of rotatable bonds is 11. The number of nitrogens with two attached hydrogens (primary N) is 1. The normalized spacial score (nSPS) is 19.0. The minimum absolute atomic E-state index is 0.0424. The van der Waals surface area contributed by atoms with Crippen LogP contribution in [0.3, 0.4) is 0 Å². The maximum absolute atomic E-state index is 12.7. The van der Waals surface area contributed by atoms with Crippen LogP contribution in [-0.4, -0.2) is 69.8 Å². The number of hydrogen-bond donors (Lipinski definition) is 4. The van der Waals surface area contributed by atoms with Crippen molar-refractivity contribution in [3.8, 4) is 0 Å². The van der Waals surface area contributed by atoms with Crippen molar-refractivity contribution in [3.05, 3.63) is 0 Å². The number of carboxylic acid groups (broad SMARTS) is 2. The van der Waals surface area contributed by atoms with Gasteiger partial charge >= 0.3 is 11.9 Å². The van der Waals surface area contributed by atoms with E-state index >= 15 is 0 Å². The molecule has 0 bridgehead atoms. The highest BCUT2D eigenvalue weighted by Gasteiger charge is 2.42. The first kappa shape index (κ1) is 22.6. The van der Waals surface area contributed by atoms with Crippen LogP contribution in [0.1, 0.15) is 39.5 Å². The molecule has 0 unspecified atom stereocenters. The number of nitrogens with zero attached hydrogens (tertiary/aromatic N) is 1. The Morgan fingerprint density at radius 2 is 1.89 bits per heavy atom. The van der Waals surface area contributed by atoms with E-state index in [0.29, 0.717) is 0 Å². The SMILES string of the molecule is CC(C)C[C@@H](C(=O)O)N1C[C@@H](C(=O)[C@H](CCC(=O)O)NC(=O)CN)CC1=O. The number of carbonyl (C=O) groups excluding carboxylic acids is 3. The molecule has 1 fully saturated rings. The lowest BCUT2D eigenvalue weighted by atomic mass is 9.94. The Morgan fingerprint density at radius 1 is 1.26 bits per heavy atom. The molecule has 1 saturated heterocycles. The van der Waals surface area contributed by atoms with Gasteiger partial charge in [-0.1, -0.05) is 13.8 Å². The zero-order chi connectivity index (χ0) is 20.7. The molecule has 0 spiro atoms. The van der Waals surface area contributed by atoms with Crippen molar-refractivity contribution in [2.45, 2.75) is 51.6 Å². The molecule has 2 amide bonds. The van der Waals surface area contributed by atoms with E-state index in [1.165, 1.54) is 4.90 Å². The smallest absolute Gasteiger partial charge is 0.326 e. The Kier molecular flexibility index (Phi) is 8.35. The Morgan fingerprint density at radius 3 is 2.37 bits per heavy atom. The lowest BCUT2D eigenvalue weighted by molar-refractivity contribution is -0.149. The molecule has 5 N–H and O–H groups in total. The standard InChI is InChI=1S/C17H27N3O7/c1-9(2)5-12(17(26)27)20-8-10(6-14(20)22)16(25)11(3-4-15(23)24)19-13(21)7-18/h9-12H,3-8,18H2,1-2H3,(H,19,21)(H,23,24)(H,26,27)/t10-,11-,12-/m0/s1. The topological polar surface area (TPSA) is 167 Å². The van der Waals surface area contributed by atoms with E-state index in [2.05, 4.69) is 5.32 Å². The predicted octanol–water partition coefficient (Wildman–Crippen LogP) is -0.788. The summed E-state index contributed by atoms with van der Waals surface area (Å²) < 4.78 is 0. The van der Waals surface area contributed by atoms with Crippen molar-refractivity contribution in [1.29, 1.82) is 0 Å². The second-order valence-electron chi connectivity index (χ2n) is 7.09. The molecule has 10 heteroatoms. The predicted molar refractivity (Wildman–Crippen MR) is 93.6 cm³/mol. The molecule has 3 atom stereocenters. The average Bonchev–Trinajstić information content (AvgIpc) is 2.96. The summed E-state index contributed by atoms with van der Waals surface area (Å²) in [5, 5.41) is 20.6. The summed E-state index contributed by atoms with van der Waals surface area (Å²) in [6, 6.07) is -2.10. The molecular formula is C17H27N3O7. The van der Waals surface area contributed by atoms with Gasteiger partial charge in [-0.15, -0.1) is 0 Å². The highest BCUT2D eigenvalue weighted by atomic mass is 16.4. The van der Waals surface area contributed by atoms with E-state index in [4.69, 9.17) is 10.8 Å². The molecule has 0 aliphatic carbocycles. The Labute approximate surface area is 157 Å². The Balaban J connectivity index is 2.90. The van der Waals surface area contributed by atoms with Crippen LogP contribution in [0.2, 0.25) is 0 Å². The van der Waals surface area contributed by atoms with Gasteiger partial charge < -0.3 is 26.2 Å². The monoisotopic (exact) mass is 385 g/mol. The third-order valence-electron chi connectivity index (χ3n) is 4.43. The van der Waals surface area contributed by atoms with Crippen LogP contribution in [0.4, 0.5) is 0 Å². The number of likely N-dealkylation sites (tertiary alicyclic amines) is 1. The van der Waals surface area contributed by atoms with E-state index in [-0.39, 0.29) is 44.7 Å². The third kappa shape index (κ3) is 6.63. The van der Waals surface area contributed by atoms with Gasteiger partial charge in [-0.05, 0) is 18.8 Å². The van der Waals surface area contributed by atoms with Gasteiger partial charge in [0.1, 0.15) is 6.04 Å². The van der Waals surface area contributed by atoms with Gasteiger partial charge in [0.15, 0.2) is 5.78 Å². The van der Waals surface area contributed by atoms with Crippen LogP contribution in [0.5, 0.6) is 0 Å². The van der Waals surface area contributed by atoms with Crippen molar-refractivity contribution in [1.82, 2.24) is 10.2 Å². The molecule has 152 valence electrons. The number of carbonyl (C=O) groups is 5. The molecule has 1 aliphatic heterocycles. The van der Waals surface area contributed by atoms with E-state index in [1.54, 1.807) is 0 Å². The quantitative estimate of drug-likeness (QED) is 0.359. The fourth-order valence-corrected chi connectivity index (χ4v) is 3.12. The van der Waals surface area contributed by atoms with Crippen molar-refractivity contribution in [2.75, 3.05) is 13.1 Å². The summed E-state index contributed by atoms with van der Waals surface area (Å²) in [5.74, 6) is -4.55. The first-order chi connectivity index (χ1) is 12.6. The van der Waals surface area contributed by atoms with E-state index < -0.39 is 47.5 Å². The van der Waals surface area contributed by atoms with Gasteiger partial charge in [0.05, 0.1) is 12.6 Å². The molecule has 0 aromatic rings. The number of ketones is 1. The molecule has 0 radical (unpaired) electrons. The lowest BCUT2D eigenvalue weighted by Crippen LogP contribution is -2.47. The van der Waals surface area contributed by atoms with Crippen molar-refractivity contribution in [3.63, 3.8) is 0 Å². The second-order valence-corrected chi connectivity index (χ2v) is 7.09. The lowest BCUT2D eigenvalue weighted by Gasteiger charge is -2.26. The van der Waals surface area contributed by atoms with Gasteiger partial charge in [-0.3, -0.25) is 19.2 Å². The summed E-state index contributed by atoms with van der Waals surface area (Å²) in [6.45, 7) is 3.25. The molecule has 0 aromatic heterocycles. The molecule has 1 heterocycles. The number of hydrogen-bond acceptors (Lipinski definition) is 6. The molecule has 0 saturated carbocycles. The zero-order valence-corrected chi connectivity index (χ0v) is 15.5. The first-order valence-corrected chi connectivity index (χ1v) is 8.84. The zero-order valence-electron chi connectivity index (χ0n) is 15.5. The Hall–Kier alpha value is -2.49. The number of Topliss-reactive ketones (excluding diaryl/α,β-unsaturated/α-hetero) is 1.